The van der Waals surface area contributed by atoms with Gasteiger partial charge in [-0.1, -0.05) is 132 Å². The van der Waals surface area contributed by atoms with Gasteiger partial charge in [-0.2, -0.15) is 0 Å². The highest BCUT2D eigenvalue weighted by atomic mass is 16.6. The Morgan fingerprint density at radius 1 is 0.389 bits per heavy atom. The lowest BCUT2D eigenvalue weighted by Gasteiger charge is -2.28. The summed E-state index contributed by atoms with van der Waals surface area (Å²) in [5.41, 5.74) is 9.49. The second kappa shape index (κ2) is 20.6. The van der Waals surface area contributed by atoms with E-state index in [-0.39, 0.29) is 71.0 Å². The third kappa shape index (κ3) is 12.5. The van der Waals surface area contributed by atoms with Gasteiger partial charge in [-0.3, -0.25) is 20.2 Å². The Labute approximate surface area is 424 Å². The highest BCUT2D eigenvalue weighted by Gasteiger charge is 2.29. The van der Waals surface area contributed by atoms with Crippen molar-refractivity contribution in [3.8, 4) is 34.5 Å². The molecule has 2 N–H and O–H groups in total. The number of hydrogen-bond donors (Lipinski definition) is 2. The summed E-state index contributed by atoms with van der Waals surface area (Å²) in [6, 6.07) is 29.0. The second-order valence-corrected chi connectivity index (χ2v) is 23.1. The molecule has 0 radical (unpaired) electrons. The molecule has 6 aromatic carbocycles. The molecule has 7 rings (SSSR count). The van der Waals surface area contributed by atoms with Gasteiger partial charge in [0.05, 0.1) is 9.85 Å². The lowest BCUT2D eigenvalue weighted by Crippen LogP contribution is -2.18. The van der Waals surface area contributed by atoms with Gasteiger partial charge in [-0.15, -0.1) is 0 Å². The third-order valence-electron chi connectivity index (χ3n) is 13.3. The van der Waals surface area contributed by atoms with Crippen LogP contribution in [0, 0.1) is 20.2 Å². The van der Waals surface area contributed by atoms with Gasteiger partial charge in [0.25, 0.3) is 11.4 Å². The number of nitro benzene ring substituents is 2. The molecule has 1 aliphatic carbocycles. The van der Waals surface area contributed by atoms with E-state index in [0.29, 0.717) is 48.7 Å². The van der Waals surface area contributed by atoms with Gasteiger partial charge in [0.2, 0.25) is 0 Å². The molecule has 72 heavy (non-hydrogen) atoms. The summed E-state index contributed by atoms with van der Waals surface area (Å²) >= 11 is 0. The van der Waals surface area contributed by atoms with Crippen molar-refractivity contribution < 1.29 is 39.0 Å². The van der Waals surface area contributed by atoms with Crippen molar-refractivity contribution in [2.45, 2.75) is 130 Å². The van der Waals surface area contributed by atoms with Crippen LogP contribution < -0.4 is 18.9 Å². The number of benzene rings is 6. The van der Waals surface area contributed by atoms with Crippen LogP contribution in [0.4, 0.5) is 11.4 Å². The van der Waals surface area contributed by atoms with Crippen LogP contribution in [0.3, 0.4) is 0 Å². The van der Waals surface area contributed by atoms with Crippen molar-refractivity contribution >= 4 is 11.4 Å². The van der Waals surface area contributed by atoms with Gasteiger partial charge < -0.3 is 29.2 Å². The number of aromatic hydroxyl groups is 2. The minimum Gasteiger partial charge on any atom is -0.507 e. The molecule has 1 aliphatic rings. The van der Waals surface area contributed by atoms with Crippen molar-refractivity contribution in [3.05, 3.63) is 184 Å². The van der Waals surface area contributed by atoms with Gasteiger partial charge in [0.15, 0.2) is 0 Å². The maximum absolute atomic E-state index is 12.6. The Morgan fingerprint density at radius 3 is 0.833 bits per heavy atom. The van der Waals surface area contributed by atoms with Gasteiger partial charge >= 0.3 is 0 Å². The first-order chi connectivity index (χ1) is 33.6. The number of rotatable bonds is 12. The summed E-state index contributed by atoms with van der Waals surface area (Å²) in [6.07, 6.45) is 1.31. The van der Waals surface area contributed by atoms with Crippen LogP contribution >= 0.6 is 0 Å². The Balaban J connectivity index is 1.42. The highest BCUT2D eigenvalue weighted by molar-refractivity contribution is 5.59. The number of hydrogen-bond acceptors (Lipinski definition) is 10. The molecule has 12 nitrogen and oxygen atoms in total. The first-order valence-electron chi connectivity index (χ1n) is 24.7. The van der Waals surface area contributed by atoms with Crippen LogP contribution in [0.1, 0.15) is 150 Å². The molecule has 0 fully saturated rings. The summed E-state index contributed by atoms with van der Waals surface area (Å²) in [4.78, 5) is 21.7. The predicted molar refractivity (Wildman–Crippen MR) is 283 cm³/mol. The SMILES string of the molecule is CC(C)(C)c1cc2c(O)c(c1)Cc1cc(C(C)(C)C)cc(c1OCCOc1ccc([N+](=O)[O-])cc1)Cc1cc(C(C)(C)C)cc(c1O)Cc1cc(C(C)(C)C)cc(c1OCCOc1ccc([N+](=O)[O-])cc1)C2. The molecule has 0 aromatic heterocycles. The zero-order valence-corrected chi connectivity index (χ0v) is 43.9. The largest absolute Gasteiger partial charge is 0.507 e. The normalized spacial score (nSPS) is 13.1. The van der Waals surface area contributed by atoms with Crippen LogP contribution in [0.5, 0.6) is 34.5 Å². The van der Waals surface area contributed by atoms with Gasteiger partial charge in [-0.25, -0.2) is 0 Å². The fourth-order valence-corrected chi connectivity index (χ4v) is 8.95. The summed E-state index contributed by atoms with van der Waals surface area (Å²) in [6.45, 7) is 26.7. The van der Waals surface area contributed by atoms with E-state index >= 15 is 0 Å². The highest BCUT2D eigenvalue weighted by Crippen LogP contribution is 2.44. The monoisotopic (exact) mass is 979 g/mol. The molecule has 380 valence electrons. The predicted octanol–water partition coefficient (Wildman–Crippen LogP) is 13.7. The summed E-state index contributed by atoms with van der Waals surface area (Å²) in [5, 5.41) is 47.9. The maximum atomic E-state index is 12.6. The van der Waals surface area contributed by atoms with Gasteiger partial charge in [0.1, 0.15) is 60.9 Å². The van der Waals surface area contributed by atoms with Crippen LogP contribution in [-0.2, 0) is 47.3 Å². The van der Waals surface area contributed by atoms with Crippen LogP contribution in [0.2, 0.25) is 0 Å². The molecule has 0 amide bonds. The Bertz CT molecular complexity index is 2670. The first kappa shape index (κ1) is 52.7. The molecular formula is C60H70N2O10. The van der Waals surface area contributed by atoms with Crippen LogP contribution in [0.15, 0.2) is 97.1 Å². The molecule has 0 saturated carbocycles. The maximum Gasteiger partial charge on any atom is 0.269 e. The number of ether oxygens (including phenoxy) is 4. The smallest absolute Gasteiger partial charge is 0.269 e. The number of phenolic OH excluding ortho intramolecular Hbond substituents is 2. The lowest BCUT2D eigenvalue weighted by atomic mass is 9.79. The Morgan fingerprint density at radius 2 is 0.611 bits per heavy atom. The minimum atomic E-state index is -0.447. The van der Waals surface area contributed by atoms with E-state index in [1.807, 2.05) is 0 Å². The standard InChI is InChI=1S/C60H70N2O10/c1-57(2,3)45-29-37-25-41-33-47(59(7,8)9)35-43(55(41)71-23-21-69-51-17-13-49(14-18-51)61(65)66)27-39-31-46(58(4,5)6)32-40(54(39)64)28-44-36-48(60(10,11)12)34-42(26-38(30-45)53(37)63)56(44)72-24-22-70-52-19-15-50(16-20-52)62(67)68/h13-20,29-36,63-64H,21-28H2,1-12H3. The number of phenols is 2. The first-order valence-corrected chi connectivity index (χ1v) is 24.7. The quantitative estimate of drug-likeness (QED) is 0.0684. The van der Waals surface area contributed by atoms with E-state index in [1.165, 1.54) is 24.3 Å². The lowest BCUT2D eigenvalue weighted by molar-refractivity contribution is -0.385. The fourth-order valence-electron chi connectivity index (χ4n) is 8.95. The molecule has 0 atom stereocenters. The molecule has 0 saturated heterocycles. The number of nitrogens with zero attached hydrogens (tertiary/aromatic N) is 2. The van der Waals surface area contributed by atoms with E-state index < -0.39 is 9.85 Å². The van der Waals surface area contributed by atoms with Crippen LogP contribution in [0.25, 0.3) is 0 Å². The minimum absolute atomic E-state index is 0.0258. The third-order valence-corrected chi connectivity index (χ3v) is 13.3. The van der Waals surface area contributed by atoms with E-state index in [1.54, 1.807) is 24.3 Å². The van der Waals surface area contributed by atoms with Crippen molar-refractivity contribution in [2.75, 3.05) is 26.4 Å². The topological polar surface area (TPSA) is 164 Å². The van der Waals surface area contributed by atoms with Crippen molar-refractivity contribution in [1.29, 1.82) is 0 Å². The average Bonchev–Trinajstić information content (AvgIpc) is 3.28. The molecule has 0 unspecified atom stereocenters. The summed E-state index contributed by atoms with van der Waals surface area (Å²) in [5.74, 6) is 2.59. The summed E-state index contributed by atoms with van der Waals surface area (Å²) < 4.78 is 25.7. The Hall–Kier alpha value is -7.08. The zero-order chi connectivity index (χ0) is 52.5. The Kier molecular flexibility index (Phi) is 15.1. The molecule has 0 spiro atoms. The van der Waals surface area contributed by atoms with E-state index in [4.69, 9.17) is 18.9 Å². The van der Waals surface area contributed by atoms with Gasteiger partial charge in [0, 0.05) is 49.9 Å². The van der Waals surface area contributed by atoms with Crippen LogP contribution in [-0.4, -0.2) is 46.5 Å². The second-order valence-electron chi connectivity index (χ2n) is 23.1. The van der Waals surface area contributed by atoms with E-state index in [2.05, 4.69) is 132 Å². The zero-order valence-electron chi connectivity index (χ0n) is 43.9. The molecule has 12 heteroatoms. The number of non-ortho nitro benzene ring substituents is 2. The van der Waals surface area contributed by atoms with E-state index in [0.717, 1.165) is 66.8 Å². The molecule has 0 aliphatic heterocycles. The van der Waals surface area contributed by atoms with Gasteiger partial charge in [-0.05, 0) is 113 Å². The van der Waals surface area contributed by atoms with Crippen molar-refractivity contribution in [2.24, 2.45) is 0 Å². The van der Waals surface area contributed by atoms with Crippen molar-refractivity contribution in [1.82, 2.24) is 0 Å². The molecular weight excluding hydrogens is 909 g/mol. The molecule has 6 aromatic rings. The average molecular weight is 979 g/mol. The van der Waals surface area contributed by atoms with Crippen molar-refractivity contribution in [3.63, 3.8) is 0 Å². The summed E-state index contributed by atoms with van der Waals surface area (Å²) in [7, 11) is 0. The molecule has 0 heterocycles. The number of fused-ring (bicyclic) bond motifs is 8. The number of nitro groups is 2. The molecule has 8 bridgehead atoms. The fraction of sp³-hybridized carbons (Fsp3) is 0.400. The van der Waals surface area contributed by atoms with E-state index in [9.17, 15) is 30.4 Å².